The van der Waals surface area contributed by atoms with Crippen molar-refractivity contribution in [3.05, 3.63) is 64.1 Å². The average Bonchev–Trinajstić information content (AvgIpc) is 2.60. The van der Waals surface area contributed by atoms with Gasteiger partial charge in [-0.1, -0.05) is 18.2 Å². The number of carbonyl (C=O) groups excluding carboxylic acids is 2. The molecular weight excluding hydrogens is 386 g/mol. The topological polar surface area (TPSA) is 64.6 Å². The van der Waals surface area contributed by atoms with Gasteiger partial charge >= 0.3 is 5.97 Å². The molecule has 0 aliphatic heterocycles. The summed E-state index contributed by atoms with van der Waals surface area (Å²) in [5.74, 6) is -0.313. The van der Waals surface area contributed by atoms with Crippen molar-refractivity contribution in [3.63, 3.8) is 0 Å². The summed E-state index contributed by atoms with van der Waals surface area (Å²) < 4.78 is 10.8. The zero-order valence-corrected chi connectivity index (χ0v) is 15.5. The van der Waals surface area contributed by atoms with Crippen LogP contribution in [-0.4, -0.2) is 25.6 Å². The van der Waals surface area contributed by atoms with Crippen LogP contribution in [0.1, 0.15) is 11.1 Å². The number of amides is 1. The number of ether oxygens (including phenoxy) is 2. The largest absolute Gasteiger partial charge is 0.497 e. The average molecular weight is 404 g/mol. The molecule has 1 amide bonds. The van der Waals surface area contributed by atoms with Crippen molar-refractivity contribution in [1.29, 1.82) is 0 Å². The van der Waals surface area contributed by atoms with Crippen LogP contribution in [0.15, 0.2) is 53.0 Å². The fourth-order valence-corrected chi connectivity index (χ4v) is 2.59. The second-order valence-electron chi connectivity index (χ2n) is 5.25. The van der Waals surface area contributed by atoms with Gasteiger partial charge in [-0.05, 0) is 64.3 Å². The Hall–Kier alpha value is -2.60. The van der Waals surface area contributed by atoms with Crippen molar-refractivity contribution in [1.82, 2.24) is 0 Å². The van der Waals surface area contributed by atoms with Gasteiger partial charge in [0.2, 0.25) is 0 Å². The van der Waals surface area contributed by atoms with Gasteiger partial charge in [0, 0.05) is 10.5 Å². The van der Waals surface area contributed by atoms with E-state index in [-0.39, 0.29) is 6.61 Å². The minimum Gasteiger partial charge on any atom is -0.497 e. The first kappa shape index (κ1) is 18.7. The lowest BCUT2D eigenvalue weighted by molar-refractivity contribution is -0.142. The number of halogens is 1. The van der Waals surface area contributed by atoms with Crippen molar-refractivity contribution >= 4 is 39.6 Å². The smallest absolute Gasteiger partial charge is 0.331 e. The lowest BCUT2D eigenvalue weighted by Crippen LogP contribution is -2.20. The van der Waals surface area contributed by atoms with E-state index in [1.54, 1.807) is 25.3 Å². The van der Waals surface area contributed by atoms with Crippen LogP contribution in [0.25, 0.3) is 6.08 Å². The zero-order chi connectivity index (χ0) is 18.2. The van der Waals surface area contributed by atoms with E-state index in [0.29, 0.717) is 11.4 Å². The van der Waals surface area contributed by atoms with Crippen molar-refractivity contribution in [2.75, 3.05) is 19.0 Å². The summed E-state index contributed by atoms with van der Waals surface area (Å²) >= 11 is 3.37. The first-order valence-electron chi connectivity index (χ1n) is 7.53. The third-order valence-electron chi connectivity index (χ3n) is 3.25. The molecule has 0 aliphatic rings. The van der Waals surface area contributed by atoms with Crippen LogP contribution in [-0.2, 0) is 14.3 Å². The Morgan fingerprint density at radius 2 is 2.00 bits per heavy atom. The van der Waals surface area contributed by atoms with Gasteiger partial charge in [-0.15, -0.1) is 0 Å². The van der Waals surface area contributed by atoms with Crippen molar-refractivity contribution in [2.45, 2.75) is 6.92 Å². The third kappa shape index (κ3) is 6.08. The number of benzene rings is 2. The first-order chi connectivity index (χ1) is 12.0. The normalized spacial score (nSPS) is 10.5. The highest BCUT2D eigenvalue weighted by molar-refractivity contribution is 9.10. The molecule has 0 fully saturated rings. The zero-order valence-electron chi connectivity index (χ0n) is 13.9. The number of nitrogens with one attached hydrogen (secondary N) is 1. The van der Waals surface area contributed by atoms with Crippen LogP contribution in [0.4, 0.5) is 5.69 Å². The van der Waals surface area contributed by atoms with Gasteiger partial charge in [0.05, 0.1) is 12.8 Å². The fraction of sp³-hybridized carbons (Fsp3) is 0.158. The molecule has 0 bridgehead atoms. The second kappa shape index (κ2) is 9.03. The molecule has 0 aliphatic carbocycles. The Labute approximate surface area is 154 Å². The van der Waals surface area contributed by atoms with E-state index >= 15 is 0 Å². The Morgan fingerprint density at radius 3 is 2.72 bits per heavy atom. The van der Waals surface area contributed by atoms with E-state index in [2.05, 4.69) is 21.2 Å². The number of carbonyl (C=O) groups is 2. The summed E-state index contributed by atoms with van der Waals surface area (Å²) in [7, 11) is 1.57. The molecule has 2 rings (SSSR count). The lowest BCUT2D eigenvalue weighted by atomic mass is 10.2. The number of hydrogen-bond donors (Lipinski definition) is 1. The van der Waals surface area contributed by atoms with Crippen LogP contribution in [0.3, 0.4) is 0 Å². The van der Waals surface area contributed by atoms with Crippen LogP contribution >= 0.6 is 15.9 Å². The molecule has 5 nitrogen and oxygen atoms in total. The van der Waals surface area contributed by atoms with Gasteiger partial charge in [0.25, 0.3) is 5.91 Å². The van der Waals surface area contributed by atoms with Crippen LogP contribution in [0.5, 0.6) is 5.75 Å². The number of anilines is 1. The Bertz CT molecular complexity index is 802. The highest BCUT2D eigenvalue weighted by atomic mass is 79.9. The summed E-state index contributed by atoms with van der Waals surface area (Å²) in [6, 6.07) is 12.8. The molecule has 0 aromatic heterocycles. The summed E-state index contributed by atoms with van der Waals surface area (Å²) in [4.78, 5) is 23.6. The number of aryl methyl sites for hydroxylation is 1. The maximum Gasteiger partial charge on any atom is 0.331 e. The van der Waals surface area contributed by atoms with E-state index in [1.165, 1.54) is 6.08 Å². The minimum atomic E-state index is -0.596. The van der Waals surface area contributed by atoms with Gasteiger partial charge in [-0.3, -0.25) is 4.79 Å². The van der Waals surface area contributed by atoms with Crippen LogP contribution in [0.2, 0.25) is 0 Å². The number of esters is 1. The highest BCUT2D eigenvalue weighted by Gasteiger charge is 2.08. The Balaban J connectivity index is 1.84. The van der Waals surface area contributed by atoms with E-state index in [1.807, 2.05) is 37.3 Å². The van der Waals surface area contributed by atoms with Gasteiger partial charge < -0.3 is 14.8 Å². The molecule has 130 valence electrons. The van der Waals surface area contributed by atoms with Crippen molar-refractivity contribution in [3.8, 4) is 5.75 Å². The van der Waals surface area contributed by atoms with E-state index in [0.717, 1.165) is 15.6 Å². The third-order valence-corrected chi connectivity index (χ3v) is 3.91. The summed E-state index contributed by atoms with van der Waals surface area (Å²) in [5, 5.41) is 2.68. The number of hydrogen-bond acceptors (Lipinski definition) is 4. The number of rotatable bonds is 6. The van der Waals surface area contributed by atoms with Gasteiger partial charge in [-0.25, -0.2) is 4.79 Å². The summed E-state index contributed by atoms with van der Waals surface area (Å²) in [6.07, 6.45) is 2.86. The van der Waals surface area contributed by atoms with E-state index in [9.17, 15) is 9.59 Å². The molecule has 1 N–H and O–H groups in total. The monoisotopic (exact) mass is 403 g/mol. The molecule has 0 unspecified atom stereocenters. The Kier molecular flexibility index (Phi) is 6.77. The maximum atomic E-state index is 11.9. The number of methoxy groups -OCH3 is 1. The molecule has 0 heterocycles. The minimum absolute atomic E-state index is 0.360. The predicted molar refractivity (Wildman–Crippen MR) is 100 cm³/mol. The SMILES string of the molecule is COc1cccc(/C=C\C(=O)OCC(=O)Nc2ccc(C)cc2Br)c1. The first-order valence-corrected chi connectivity index (χ1v) is 8.32. The fourth-order valence-electron chi connectivity index (χ4n) is 2.00. The maximum absolute atomic E-state index is 11.9. The van der Waals surface area contributed by atoms with Crippen LogP contribution in [0, 0.1) is 6.92 Å². The molecule has 0 atom stereocenters. The molecule has 6 heteroatoms. The van der Waals surface area contributed by atoms with E-state index < -0.39 is 11.9 Å². The summed E-state index contributed by atoms with van der Waals surface area (Å²) in [6.45, 7) is 1.59. The Morgan fingerprint density at radius 1 is 1.20 bits per heavy atom. The molecular formula is C19H18BrNO4. The summed E-state index contributed by atoms with van der Waals surface area (Å²) in [5.41, 5.74) is 2.49. The van der Waals surface area contributed by atoms with Gasteiger partial charge in [0.1, 0.15) is 5.75 Å². The van der Waals surface area contributed by atoms with Gasteiger partial charge in [-0.2, -0.15) is 0 Å². The molecule has 2 aromatic rings. The van der Waals surface area contributed by atoms with Crippen molar-refractivity contribution in [2.24, 2.45) is 0 Å². The molecule has 0 saturated heterocycles. The molecule has 2 aromatic carbocycles. The van der Waals surface area contributed by atoms with Crippen molar-refractivity contribution < 1.29 is 19.1 Å². The lowest BCUT2D eigenvalue weighted by Gasteiger charge is -2.08. The highest BCUT2D eigenvalue weighted by Crippen LogP contribution is 2.23. The molecule has 0 spiro atoms. The van der Waals surface area contributed by atoms with E-state index in [4.69, 9.17) is 9.47 Å². The standard InChI is InChI=1S/C19H18BrNO4/c1-13-6-8-17(16(20)10-13)21-18(22)12-25-19(23)9-7-14-4-3-5-15(11-14)24-2/h3-11H,12H2,1-2H3,(H,21,22)/b9-7-. The molecule has 0 radical (unpaired) electrons. The quantitative estimate of drug-likeness (QED) is 0.585. The van der Waals surface area contributed by atoms with Gasteiger partial charge in [0.15, 0.2) is 6.61 Å². The second-order valence-corrected chi connectivity index (χ2v) is 6.10. The predicted octanol–water partition coefficient (Wildman–Crippen LogP) is 3.96. The van der Waals surface area contributed by atoms with Crippen LogP contribution < -0.4 is 10.1 Å². The molecule has 25 heavy (non-hydrogen) atoms. The molecule has 0 saturated carbocycles.